The topological polar surface area (TPSA) is 95.9 Å². The third kappa shape index (κ3) is 4.55. The van der Waals surface area contributed by atoms with Crippen molar-refractivity contribution in [2.45, 2.75) is 37.6 Å². The number of benzene rings is 2. The standard InChI is InChI=1S/C24H26N2O5/c27-22(26-13-5-6-16(26)11-12-23(28)29)14-25-24(30)31-15-21-19-9-3-1-7-17(19)18-8-2-4-10-20(18)21/h1-4,7-10,16,21H,5-6,11-15H2,(H,25,30)(H,28,29). The zero-order valence-corrected chi connectivity index (χ0v) is 17.3. The molecule has 1 aliphatic carbocycles. The Morgan fingerprint density at radius 3 is 2.32 bits per heavy atom. The van der Waals surface area contributed by atoms with Crippen LogP contribution >= 0.6 is 0 Å². The number of rotatable bonds is 7. The van der Waals surface area contributed by atoms with Crippen molar-refractivity contribution < 1.29 is 24.2 Å². The van der Waals surface area contributed by atoms with Gasteiger partial charge in [0.2, 0.25) is 5.91 Å². The van der Waals surface area contributed by atoms with Crippen LogP contribution in [-0.4, -0.2) is 53.7 Å². The molecule has 7 heteroatoms. The van der Waals surface area contributed by atoms with E-state index in [1.807, 2.05) is 24.3 Å². The van der Waals surface area contributed by atoms with Gasteiger partial charge in [-0.25, -0.2) is 4.79 Å². The van der Waals surface area contributed by atoms with Crippen molar-refractivity contribution in [3.63, 3.8) is 0 Å². The van der Waals surface area contributed by atoms with Gasteiger partial charge in [0.1, 0.15) is 13.2 Å². The van der Waals surface area contributed by atoms with E-state index in [1.165, 1.54) is 0 Å². The van der Waals surface area contributed by atoms with Crippen LogP contribution in [0.2, 0.25) is 0 Å². The summed E-state index contributed by atoms with van der Waals surface area (Å²) >= 11 is 0. The molecule has 162 valence electrons. The predicted molar refractivity (Wildman–Crippen MR) is 115 cm³/mol. The third-order valence-electron chi connectivity index (χ3n) is 6.12. The Balaban J connectivity index is 1.30. The van der Waals surface area contributed by atoms with E-state index in [9.17, 15) is 14.4 Å². The fraction of sp³-hybridized carbons (Fsp3) is 0.375. The number of hydrogen-bond donors (Lipinski definition) is 2. The van der Waals surface area contributed by atoms with Crippen LogP contribution < -0.4 is 5.32 Å². The molecule has 2 amide bonds. The van der Waals surface area contributed by atoms with Gasteiger partial charge >= 0.3 is 12.1 Å². The van der Waals surface area contributed by atoms with Crippen LogP contribution in [0.15, 0.2) is 48.5 Å². The lowest BCUT2D eigenvalue weighted by Gasteiger charge is -2.24. The molecule has 1 atom stereocenters. The van der Waals surface area contributed by atoms with Gasteiger partial charge in [-0.3, -0.25) is 9.59 Å². The van der Waals surface area contributed by atoms with Crippen molar-refractivity contribution in [3.8, 4) is 11.1 Å². The van der Waals surface area contributed by atoms with Crippen molar-refractivity contribution in [1.29, 1.82) is 0 Å². The van der Waals surface area contributed by atoms with Crippen LogP contribution in [0.4, 0.5) is 4.79 Å². The van der Waals surface area contributed by atoms with Gasteiger partial charge in [0.05, 0.1) is 0 Å². The number of nitrogens with one attached hydrogen (secondary N) is 1. The van der Waals surface area contributed by atoms with E-state index >= 15 is 0 Å². The minimum absolute atomic E-state index is 0.0344. The van der Waals surface area contributed by atoms with Gasteiger partial charge in [0, 0.05) is 24.9 Å². The maximum absolute atomic E-state index is 12.5. The lowest BCUT2D eigenvalue weighted by molar-refractivity contribution is -0.138. The first-order valence-corrected chi connectivity index (χ1v) is 10.6. The number of ether oxygens (including phenoxy) is 1. The number of carboxylic acid groups (broad SMARTS) is 1. The second kappa shape index (κ2) is 9.20. The number of nitrogens with zero attached hydrogens (tertiary/aromatic N) is 1. The van der Waals surface area contributed by atoms with Gasteiger partial charge in [-0.05, 0) is 41.5 Å². The zero-order chi connectivity index (χ0) is 21.8. The molecular weight excluding hydrogens is 396 g/mol. The summed E-state index contributed by atoms with van der Waals surface area (Å²) in [7, 11) is 0. The average molecular weight is 422 g/mol. The highest BCUT2D eigenvalue weighted by Gasteiger charge is 2.30. The normalized spacial score (nSPS) is 17.2. The number of amides is 2. The smallest absolute Gasteiger partial charge is 0.407 e. The van der Waals surface area contributed by atoms with Crippen LogP contribution in [0.5, 0.6) is 0 Å². The Labute approximate surface area is 181 Å². The van der Waals surface area contributed by atoms with E-state index in [2.05, 4.69) is 29.6 Å². The number of likely N-dealkylation sites (tertiary alicyclic amines) is 1. The van der Waals surface area contributed by atoms with Crippen LogP contribution in [0.3, 0.4) is 0 Å². The summed E-state index contributed by atoms with van der Waals surface area (Å²) in [5, 5.41) is 11.4. The van der Waals surface area contributed by atoms with Crippen LogP contribution in [0, 0.1) is 0 Å². The van der Waals surface area contributed by atoms with Gasteiger partial charge in [-0.1, -0.05) is 48.5 Å². The molecule has 0 aromatic heterocycles. The first-order valence-electron chi connectivity index (χ1n) is 10.6. The predicted octanol–water partition coefficient (Wildman–Crippen LogP) is 3.38. The molecule has 4 rings (SSSR count). The number of carbonyl (C=O) groups is 3. The molecule has 1 heterocycles. The van der Waals surface area contributed by atoms with Gasteiger partial charge in [0.15, 0.2) is 0 Å². The highest BCUT2D eigenvalue weighted by atomic mass is 16.5. The Bertz CT molecular complexity index is 944. The summed E-state index contributed by atoms with van der Waals surface area (Å²) in [5.74, 6) is -1.11. The minimum Gasteiger partial charge on any atom is -0.481 e. The quantitative estimate of drug-likeness (QED) is 0.713. The summed E-state index contributed by atoms with van der Waals surface area (Å²) in [4.78, 5) is 37.2. The summed E-state index contributed by atoms with van der Waals surface area (Å²) in [6.07, 6.45) is 1.49. The van der Waals surface area contributed by atoms with Crippen molar-refractivity contribution in [2.75, 3.05) is 19.7 Å². The number of carbonyl (C=O) groups excluding carboxylic acids is 2. The highest BCUT2D eigenvalue weighted by Crippen LogP contribution is 2.44. The molecule has 31 heavy (non-hydrogen) atoms. The van der Waals surface area contributed by atoms with E-state index < -0.39 is 12.1 Å². The summed E-state index contributed by atoms with van der Waals surface area (Å²) in [6, 6.07) is 16.1. The first kappa shape index (κ1) is 20.9. The number of alkyl carbamates (subject to hydrolysis) is 1. The molecule has 1 unspecified atom stereocenters. The lowest BCUT2D eigenvalue weighted by Crippen LogP contribution is -2.43. The third-order valence-corrected chi connectivity index (χ3v) is 6.12. The first-order chi connectivity index (χ1) is 15.0. The number of fused-ring (bicyclic) bond motifs is 3. The summed E-state index contributed by atoms with van der Waals surface area (Å²) in [6.45, 7) is 0.634. The molecule has 7 nitrogen and oxygen atoms in total. The molecule has 0 spiro atoms. The van der Waals surface area contributed by atoms with Crippen molar-refractivity contribution >= 4 is 18.0 Å². The molecule has 1 aliphatic heterocycles. The molecule has 0 radical (unpaired) electrons. The fourth-order valence-electron chi connectivity index (χ4n) is 4.65. The van der Waals surface area contributed by atoms with Crippen molar-refractivity contribution in [1.82, 2.24) is 10.2 Å². The van der Waals surface area contributed by atoms with Gasteiger partial charge in [-0.2, -0.15) is 0 Å². The number of hydrogen-bond acceptors (Lipinski definition) is 4. The maximum atomic E-state index is 12.5. The van der Waals surface area contributed by atoms with Gasteiger partial charge < -0.3 is 20.1 Å². The minimum atomic E-state index is -0.865. The largest absolute Gasteiger partial charge is 0.481 e. The monoisotopic (exact) mass is 422 g/mol. The molecule has 1 saturated heterocycles. The Morgan fingerprint density at radius 2 is 1.68 bits per heavy atom. The molecule has 2 aromatic carbocycles. The van der Waals surface area contributed by atoms with Crippen LogP contribution in [0.25, 0.3) is 11.1 Å². The maximum Gasteiger partial charge on any atom is 0.407 e. The van der Waals surface area contributed by atoms with Crippen LogP contribution in [0.1, 0.15) is 42.7 Å². The van der Waals surface area contributed by atoms with E-state index in [0.717, 1.165) is 35.1 Å². The molecule has 2 N–H and O–H groups in total. The zero-order valence-electron chi connectivity index (χ0n) is 17.3. The van der Waals surface area contributed by atoms with E-state index in [4.69, 9.17) is 9.84 Å². The second-order valence-corrected chi connectivity index (χ2v) is 7.99. The highest BCUT2D eigenvalue weighted by molar-refractivity contribution is 5.83. The average Bonchev–Trinajstić information content (AvgIpc) is 3.37. The lowest BCUT2D eigenvalue weighted by atomic mass is 9.98. The SMILES string of the molecule is O=C(O)CCC1CCCN1C(=O)CNC(=O)OCC1c2ccccc2-c2ccccc21. The number of aliphatic carboxylic acids is 1. The summed E-state index contributed by atoms with van der Waals surface area (Å²) < 4.78 is 5.46. The van der Waals surface area contributed by atoms with Gasteiger partial charge in [-0.15, -0.1) is 0 Å². The van der Waals surface area contributed by atoms with E-state index in [1.54, 1.807) is 4.90 Å². The second-order valence-electron chi connectivity index (χ2n) is 7.99. The Morgan fingerprint density at radius 1 is 1.03 bits per heavy atom. The molecular formula is C24H26N2O5. The van der Waals surface area contributed by atoms with Crippen molar-refractivity contribution in [2.24, 2.45) is 0 Å². The summed E-state index contributed by atoms with van der Waals surface area (Å²) in [5.41, 5.74) is 4.57. The molecule has 0 saturated carbocycles. The van der Waals surface area contributed by atoms with Crippen LogP contribution in [-0.2, 0) is 14.3 Å². The molecule has 2 aromatic rings. The van der Waals surface area contributed by atoms with Crippen molar-refractivity contribution in [3.05, 3.63) is 59.7 Å². The number of carboxylic acids is 1. The molecule has 2 aliphatic rings. The van der Waals surface area contributed by atoms with E-state index in [-0.39, 0.29) is 37.4 Å². The van der Waals surface area contributed by atoms with Gasteiger partial charge in [0.25, 0.3) is 0 Å². The Hall–Kier alpha value is -3.35. The molecule has 1 fully saturated rings. The fourth-order valence-corrected chi connectivity index (χ4v) is 4.65. The molecule has 0 bridgehead atoms. The van der Waals surface area contributed by atoms with E-state index in [0.29, 0.717) is 13.0 Å². The Kier molecular flexibility index (Phi) is 6.21.